The van der Waals surface area contributed by atoms with Crippen LogP contribution in [-0.2, 0) is 32.1 Å². The number of oxazole rings is 1. The van der Waals surface area contributed by atoms with Crippen LogP contribution in [0.4, 0.5) is 4.79 Å². The zero-order valence-electron chi connectivity index (χ0n) is 29.1. The molecule has 14 nitrogen and oxygen atoms in total. The molecule has 1 unspecified atom stereocenters. The first kappa shape index (κ1) is 39.2. The highest BCUT2D eigenvalue weighted by Gasteiger charge is 2.21. The molecular weight excluding hydrogens is 744 g/mol. The van der Waals surface area contributed by atoms with Crippen molar-refractivity contribution in [3.8, 4) is 40.2 Å². The highest BCUT2D eigenvalue weighted by atomic mass is 79.9. The number of carbonyl (C=O) groups excluding carboxylic acids is 3. The molecule has 0 aliphatic carbocycles. The number of halogens is 1. The van der Waals surface area contributed by atoms with Gasteiger partial charge >= 0.3 is 18.0 Å². The van der Waals surface area contributed by atoms with Gasteiger partial charge in [0.25, 0.3) is 0 Å². The van der Waals surface area contributed by atoms with Gasteiger partial charge in [0.1, 0.15) is 36.0 Å². The topological polar surface area (TPSA) is 173 Å². The van der Waals surface area contributed by atoms with Gasteiger partial charge in [0.15, 0.2) is 17.3 Å². The lowest BCUT2D eigenvalue weighted by atomic mass is 10.2. The van der Waals surface area contributed by atoms with Crippen molar-refractivity contribution in [3.05, 3.63) is 83.7 Å². The number of amides is 1. The summed E-state index contributed by atoms with van der Waals surface area (Å²) in [6.07, 6.45) is -0.383. The van der Waals surface area contributed by atoms with E-state index in [9.17, 15) is 24.3 Å². The van der Waals surface area contributed by atoms with Crippen molar-refractivity contribution in [1.82, 2.24) is 9.88 Å². The number of ketones is 1. The molecule has 4 aromatic rings. The summed E-state index contributed by atoms with van der Waals surface area (Å²) in [5.74, 6) is 2.31. The first-order chi connectivity index (χ1) is 24.9. The summed E-state index contributed by atoms with van der Waals surface area (Å²) >= 11 is 3.06. The number of ether oxygens (including phenoxy) is 6. The summed E-state index contributed by atoms with van der Waals surface area (Å²) in [5.41, 5.74) is 2.30. The lowest BCUT2D eigenvalue weighted by Crippen LogP contribution is -2.37. The van der Waals surface area contributed by atoms with E-state index in [1.165, 1.54) is 7.11 Å². The fourth-order valence-electron chi connectivity index (χ4n) is 4.64. The van der Waals surface area contributed by atoms with Crippen LogP contribution in [0.5, 0.6) is 28.7 Å². The van der Waals surface area contributed by atoms with E-state index in [1.807, 2.05) is 25.1 Å². The van der Waals surface area contributed by atoms with Gasteiger partial charge < -0.3 is 37.9 Å². The van der Waals surface area contributed by atoms with Crippen LogP contribution in [0, 0.1) is 6.92 Å². The zero-order valence-corrected chi connectivity index (χ0v) is 30.7. The number of hydrogen-bond acceptors (Lipinski definition) is 12. The molecule has 5 rings (SSSR count). The normalized spacial score (nSPS) is 11.8. The summed E-state index contributed by atoms with van der Waals surface area (Å²) in [5, 5.41) is 9.29. The first-order valence-electron chi connectivity index (χ1n) is 16.2. The minimum absolute atomic E-state index is 0.0440. The van der Waals surface area contributed by atoms with Crippen molar-refractivity contribution in [2.24, 2.45) is 0 Å². The van der Waals surface area contributed by atoms with Gasteiger partial charge in [0.2, 0.25) is 12.7 Å². The molecule has 0 radical (unpaired) electrons. The molecule has 1 N–H and O–H groups in total. The molecule has 0 spiro atoms. The Kier molecular flexibility index (Phi) is 14.4. The standard InChI is InChI=1S/C30H28N2O9.C7H11BrO3/c1-19-25(31-29(40-19)21-5-12-26-27(15-21)39-18-38-26)13-14-37-23-6-3-20(4-7-23)16-32(17-28(33)34)30(35)41-24-10-8-22(36-2)9-11-24;1-3-11-7(10)4-6(9)5(2)8/h3-12,15H,13-14,16-18H2,1-2H3,(H,33,34);5H,3-4H2,1-2H3. The van der Waals surface area contributed by atoms with Gasteiger partial charge in [0.05, 0.1) is 30.8 Å². The Hall–Kier alpha value is -5.57. The number of rotatable bonds is 15. The average Bonchev–Trinajstić information content (AvgIpc) is 3.75. The molecule has 2 heterocycles. The number of methoxy groups -OCH3 is 1. The quantitative estimate of drug-likeness (QED) is 0.0800. The molecule has 3 aromatic carbocycles. The Morgan fingerprint density at radius 1 is 0.962 bits per heavy atom. The third kappa shape index (κ3) is 11.8. The maximum atomic E-state index is 12.7. The summed E-state index contributed by atoms with van der Waals surface area (Å²) < 4.78 is 37.5. The van der Waals surface area contributed by atoms with E-state index in [1.54, 1.807) is 62.4 Å². The fourth-order valence-corrected chi connectivity index (χ4v) is 4.80. The van der Waals surface area contributed by atoms with E-state index >= 15 is 0 Å². The van der Waals surface area contributed by atoms with Gasteiger partial charge in [-0.2, -0.15) is 0 Å². The van der Waals surface area contributed by atoms with Crippen molar-refractivity contribution in [3.63, 3.8) is 0 Å². The van der Waals surface area contributed by atoms with Gasteiger partial charge in [-0.15, -0.1) is 0 Å². The van der Waals surface area contributed by atoms with Crippen LogP contribution in [0.25, 0.3) is 11.5 Å². The van der Waals surface area contributed by atoms with Crippen LogP contribution in [0.2, 0.25) is 0 Å². The highest BCUT2D eigenvalue weighted by molar-refractivity contribution is 9.10. The smallest absolute Gasteiger partial charge is 0.416 e. The van der Waals surface area contributed by atoms with Crippen LogP contribution < -0.4 is 23.7 Å². The number of aryl methyl sites for hydroxylation is 1. The number of aliphatic carboxylic acids is 1. The molecule has 0 saturated carbocycles. The molecule has 276 valence electrons. The minimum atomic E-state index is -1.15. The van der Waals surface area contributed by atoms with Crippen molar-refractivity contribution in [1.29, 1.82) is 0 Å². The number of fused-ring (bicyclic) bond motifs is 1. The molecule has 1 aromatic heterocycles. The maximum absolute atomic E-state index is 12.7. The van der Waals surface area contributed by atoms with Crippen LogP contribution in [0.3, 0.4) is 0 Å². The van der Waals surface area contributed by atoms with Gasteiger partial charge in [-0.25, -0.2) is 9.78 Å². The van der Waals surface area contributed by atoms with Crippen LogP contribution >= 0.6 is 15.9 Å². The first-order valence-corrected chi connectivity index (χ1v) is 17.1. The highest BCUT2D eigenvalue weighted by Crippen LogP contribution is 2.36. The second kappa shape index (κ2) is 19.2. The molecule has 1 aliphatic rings. The third-order valence-electron chi connectivity index (χ3n) is 7.33. The molecular formula is C37H39BrN2O12. The molecule has 15 heteroatoms. The number of esters is 1. The number of hydrogen-bond donors (Lipinski definition) is 1. The molecule has 0 fully saturated rings. The monoisotopic (exact) mass is 782 g/mol. The molecule has 52 heavy (non-hydrogen) atoms. The van der Waals surface area contributed by atoms with E-state index in [0.29, 0.717) is 59.8 Å². The van der Waals surface area contributed by atoms with Gasteiger partial charge in [-0.3, -0.25) is 19.3 Å². The third-order valence-corrected chi connectivity index (χ3v) is 7.84. The number of nitrogens with zero attached hydrogens (tertiary/aromatic N) is 2. The number of carboxylic acids is 1. The Morgan fingerprint density at radius 2 is 1.63 bits per heavy atom. The number of Topliss-reactive ketones (excluding diaryl/α,β-unsaturated/α-hetero) is 1. The van der Waals surface area contributed by atoms with Gasteiger partial charge in [-0.05, 0) is 80.9 Å². The number of alkyl halides is 1. The Bertz CT molecular complexity index is 1820. The summed E-state index contributed by atoms with van der Waals surface area (Å²) in [4.78, 5) is 51.1. The fraction of sp³-hybridized carbons (Fsp3) is 0.324. The Balaban J connectivity index is 0.000000477. The van der Waals surface area contributed by atoms with E-state index in [0.717, 1.165) is 16.2 Å². The number of carboxylic acid groups (broad SMARTS) is 1. The van der Waals surface area contributed by atoms with E-state index in [2.05, 4.69) is 25.7 Å². The Morgan fingerprint density at radius 3 is 2.29 bits per heavy atom. The minimum Gasteiger partial charge on any atom is -0.497 e. The predicted octanol–water partition coefficient (Wildman–Crippen LogP) is 6.39. The average molecular weight is 784 g/mol. The molecule has 1 aliphatic heterocycles. The van der Waals surface area contributed by atoms with Gasteiger partial charge in [-0.1, -0.05) is 28.1 Å². The van der Waals surface area contributed by atoms with Crippen LogP contribution in [-0.4, -0.2) is 77.3 Å². The van der Waals surface area contributed by atoms with E-state index in [-0.39, 0.29) is 36.1 Å². The van der Waals surface area contributed by atoms with Crippen molar-refractivity contribution in [2.75, 3.05) is 33.7 Å². The predicted molar refractivity (Wildman–Crippen MR) is 190 cm³/mol. The van der Waals surface area contributed by atoms with E-state index < -0.39 is 24.6 Å². The second-order valence-electron chi connectivity index (χ2n) is 11.2. The van der Waals surface area contributed by atoms with Crippen LogP contribution in [0.15, 0.2) is 71.1 Å². The summed E-state index contributed by atoms with van der Waals surface area (Å²) in [6.45, 7) is 5.67. The molecule has 0 saturated heterocycles. The molecule has 0 bridgehead atoms. The SMILES string of the molecule is CCOC(=O)CC(=O)C(C)Br.COc1ccc(OC(=O)N(CC(=O)O)Cc2ccc(OCCc3nc(-c4ccc5c(c4)OCO5)oc3C)cc2)cc1. The van der Waals surface area contributed by atoms with Crippen molar-refractivity contribution >= 4 is 39.7 Å². The second-order valence-corrected chi connectivity index (χ2v) is 12.6. The van der Waals surface area contributed by atoms with Crippen LogP contribution in [0.1, 0.15) is 37.3 Å². The molecule has 1 amide bonds. The number of benzene rings is 3. The summed E-state index contributed by atoms with van der Waals surface area (Å²) in [7, 11) is 1.53. The molecule has 1 atom stereocenters. The lowest BCUT2D eigenvalue weighted by Gasteiger charge is -2.20. The zero-order chi connectivity index (χ0) is 37.6. The Labute approximate surface area is 308 Å². The lowest BCUT2D eigenvalue weighted by molar-refractivity contribution is -0.145. The number of aromatic nitrogens is 1. The van der Waals surface area contributed by atoms with Gasteiger partial charge in [0, 0.05) is 18.5 Å². The van der Waals surface area contributed by atoms with Crippen molar-refractivity contribution < 1.29 is 57.1 Å². The largest absolute Gasteiger partial charge is 0.497 e. The van der Waals surface area contributed by atoms with E-state index in [4.69, 9.17) is 28.1 Å². The van der Waals surface area contributed by atoms with Crippen molar-refractivity contribution in [2.45, 2.75) is 45.0 Å². The maximum Gasteiger partial charge on any atom is 0.416 e. The summed E-state index contributed by atoms with van der Waals surface area (Å²) in [6, 6.07) is 19.0. The number of carbonyl (C=O) groups is 4.